The van der Waals surface area contributed by atoms with Gasteiger partial charge in [-0.15, -0.1) is 0 Å². The van der Waals surface area contributed by atoms with Gasteiger partial charge in [-0.3, -0.25) is 0 Å². The molecule has 1 aromatic heterocycles. The summed E-state index contributed by atoms with van der Waals surface area (Å²) in [6, 6.07) is 8.25. The fourth-order valence-electron chi connectivity index (χ4n) is 2.58. The van der Waals surface area contributed by atoms with Crippen molar-refractivity contribution in [1.29, 1.82) is 5.26 Å². The predicted molar refractivity (Wildman–Crippen MR) is 185 cm³/mol. The molecule has 0 atom stereocenters. The lowest BCUT2D eigenvalue weighted by molar-refractivity contribution is 1.09. The zero-order chi connectivity index (χ0) is 31.3. The van der Waals surface area contributed by atoms with E-state index in [2.05, 4.69) is 108 Å². The number of allylic oxidation sites excluding steroid dienone is 11. The molecule has 0 fully saturated rings. The highest BCUT2D eigenvalue weighted by atomic mass is 14.8. The van der Waals surface area contributed by atoms with E-state index >= 15 is 0 Å². The first kappa shape index (κ1) is 40.7. The van der Waals surface area contributed by atoms with E-state index in [0.717, 1.165) is 34.3 Å². The van der Waals surface area contributed by atoms with Crippen molar-refractivity contribution in [1.82, 2.24) is 4.98 Å². The van der Waals surface area contributed by atoms with Gasteiger partial charge in [0.2, 0.25) is 0 Å². The molecular formula is C37H57N3. The summed E-state index contributed by atoms with van der Waals surface area (Å²) in [5, 5.41) is 12.6. The van der Waals surface area contributed by atoms with Crippen LogP contribution >= 0.6 is 0 Å². The molecule has 2 aromatic rings. The van der Waals surface area contributed by atoms with E-state index < -0.39 is 0 Å². The van der Waals surface area contributed by atoms with E-state index in [1.54, 1.807) is 13.0 Å². The Bertz CT molecular complexity index is 1140. The second kappa shape index (κ2) is 28.2. The minimum Gasteiger partial charge on any atom is -0.361 e. The maximum absolute atomic E-state index is 8.02. The predicted octanol–water partition coefficient (Wildman–Crippen LogP) is 12.3. The van der Waals surface area contributed by atoms with Gasteiger partial charge in [0, 0.05) is 34.6 Å². The average Bonchev–Trinajstić information content (AvgIpc) is 3.45. The molecule has 0 spiro atoms. The summed E-state index contributed by atoms with van der Waals surface area (Å²) >= 11 is 0. The van der Waals surface area contributed by atoms with Gasteiger partial charge in [0.1, 0.15) is 0 Å². The Balaban J connectivity index is -0.000000818. The zero-order valence-electron chi connectivity index (χ0n) is 27.4. The summed E-state index contributed by atoms with van der Waals surface area (Å²) < 4.78 is 0. The molecule has 0 radical (unpaired) electrons. The highest BCUT2D eigenvalue weighted by molar-refractivity contribution is 5.87. The van der Waals surface area contributed by atoms with Gasteiger partial charge in [0.25, 0.3) is 0 Å². The Morgan fingerprint density at radius 1 is 1.00 bits per heavy atom. The number of fused-ring (bicyclic) bond motifs is 1. The van der Waals surface area contributed by atoms with Gasteiger partial charge in [-0.2, -0.15) is 5.26 Å². The maximum atomic E-state index is 8.02. The van der Waals surface area contributed by atoms with Gasteiger partial charge >= 0.3 is 0 Å². The fourth-order valence-corrected chi connectivity index (χ4v) is 2.58. The lowest BCUT2D eigenvalue weighted by Gasteiger charge is -2.07. The largest absolute Gasteiger partial charge is 0.361 e. The van der Waals surface area contributed by atoms with Crippen molar-refractivity contribution in [3.63, 3.8) is 0 Å². The van der Waals surface area contributed by atoms with Crippen LogP contribution in [0.25, 0.3) is 10.9 Å². The Morgan fingerprint density at radius 3 is 2.08 bits per heavy atom. The normalized spacial score (nSPS) is 11.1. The number of nitrogens with one attached hydrogen (secondary N) is 2. The number of anilines is 1. The van der Waals surface area contributed by atoms with Crippen molar-refractivity contribution in [2.24, 2.45) is 0 Å². The molecular weight excluding hydrogens is 486 g/mol. The van der Waals surface area contributed by atoms with Crippen LogP contribution in [0.3, 0.4) is 0 Å². The number of hydrogen-bond acceptors (Lipinski definition) is 2. The molecule has 2 rings (SSSR count). The van der Waals surface area contributed by atoms with Gasteiger partial charge in [-0.05, 0) is 63.5 Å². The monoisotopic (exact) mass is 543 g/mol. The molecule has 3 nitrogen and oxygen atoms in total. The van der Waals surface area contributed by atoms with Crippen LogP contribution in [-0.2, 0) is 0 Å². The van der Waals surface area contributed by atoms with Crippen LogP contribution in [0.1, 0.15) is 94.1 Å². The molecule has 220 valence electrons. The summed E-state index contributed by atoms with van der Waals surface area (Å²) in [6.45, 7) is 30.3. The molecule has 0 saturated carbocycles. The van der Waals surface area contributed by atoms with Crippen molar-refractivity contribution >= 4 is 16.6 Å². The van der Waals surface area contributed by atoms with Crippen LogP contribution < -0.4 is 5.32 Å². The quantitative estimate of drug-likeness (QED) is 0.257. The number of H-pyrrole nitrogens is 1. The molecule has 1 aromatic carbocycles. The zero-order valence-corrected chi connectivity index (χ0v) is 27.4. The number of benzene rings is 1. The Labute approximate surface area is 247 Å². The van der Waals surface area contributed by atoms with Gasteiger partial charge < -0.3 is 10.3 Å². The lowest BCUT2D eigenvalue weighted by Crippen LogP contribution is -1.92. The molecule has 0 aliphatic carbocycles. The van der Waals surface area contributed by atoms with Crippen molar-refractivity contribution in [3.8, 4) is 6.07 Å². The van der Waals surface area contributed by atoms with E-state index in [-0.39, 0.29) is 0 Å². The number of aryl methyl sites for hydroxylation is 1. The second-order valence-corrected chi connectivity index (χ2v) is 8.78. The second-order valence-electron chi connectivity index (χ2n) is 8.78. The van der Waals surface area contributed by atoms with Crippen LogP contribution in [-0.4, -0.2) is 4.98 Å². The number of aromatic nitrogens is 1. The summed E-state index contributed by atoms with van der Waals surface area (Å²) in [5.74, 6) is 0. The molecule has 0 unspecified atom stereocenters. The van der Waals surface area contributed by atoms with Gasteiger partial charge in [0.15, 0.2) is 0 Å². The highest BCUT2D eigenvalue weighted by Gasteiger charge is 2.02. The number of nitriles is 1. The van der Waals surface area contributed by atoms with E-state index in [9.17, 15) is 0 Å². The first-order valence-electron chi connectivity index (χ1n) is 14.6. The van der Waals surface area contributed by atoms with Crippen LogP contribution in [0.5, 0.6) is 0 Å². The van der Waals surface area contributed by atoms with Crippen molar-refractivity contribution in [2.45, 2.75) is 95.4 Å². The van der Waals surface area contributed by atoms with Gasteiger partial charge in [-0.25, -0.2) is 0 Å². The van der Waals surface area contributed by atoms with Crippen molar-refractivity contribution in [2.75, 3.05) is 5.32 Å². The molecule has 0 bridgehead atoms. The Kier molecular flexibility index (Phi) is 28.8. The molecule has 0 amide bonds. The van der Waals surface area contributed by atoms with Gasteiger partial charge in [0.05, 0.1) is 6.07 Å². The van der Waals surface area contributed by atoms with E-state index in [0.29, 0.717) is 0 Å². The SMILES string of the molecule is C/C=C(\C)C#N.C=CC(=C/Nc1ccc2[nH]ccc2c1C)/C=C/C(C)=C/C=C\C(=C)CC.CC.CCC.CCC. The van der Waals surface area contributed by atoms with Crippen LogP contribution in [0, 0.1) is 18.3 Å². The first-order chi connectivity index (χ1) is 19.2. The molecule has 0 saturated heterocycles. The number of hydrogen-bond donors (Lipinski definition) is 2. The molecule has 0 aliphatic heterocycles. The molecule has 3 heteroatoms. The standard InChI is InChI=1S/C24H28N2.C5H7N.2C3H8.C2H6/c1-6-18(3)9-8-10-19(4)11-12-21(7-2)17-26-23-13-14-24-22(20(23)5)15-16-25-24;1-3-5(2)4-6;2*1-3-2;1-2/h7-17,25-26H,2-3,6H2,1,4-5H3;3H,1-2H3;2*3H2,1-2H3;1-2H3/b9-8-,12-11+,19-10+,21-17-;5-3+;;;. The van der Waals surface area contributed by atoms with Crippen molar-refractivity contribution < 1.29 is 0 Å². The Hall–Kier alpha value is -3.77. The third-order valence-corrected chi connectivity index (χ3v) is 4.93. The fraction of sp³-hybridized carbons (Fsp3) is 0.378. The van der Waals surface area contributed by atoms with E-state index in [4.69, 9.17) is 5.26 Å². The maximum Gasteiger partial charge on any atom is 0.0940 e. The van der Waals surface area contributed by atoms with Crippen LogP contribution in [0.4, 0.5) is 5.69 Å². The average molecular weight is 544 g/mol. The minimum atomic E-state index is 0.773. The smallest absolute Gasteiger partial charge is 0.0940 e. The van der Waals surface area contributed by atoms with Gasteiger partial charge in [-0.1, -0.05) is 128 Å². The van der Waals surface area contributed by atoms with Crippen molar-refractivity contribution in [3.05, 3.63) is 114 Å². The number of nitrogens with zero attached hydrogens (tertiary/aromatic N) is 1. The summed E-state index contributed by atoms with van der Waals surface area (Å²) in [6.07, 6.45) is 21.3. The third kappa shape index (κ3) is 20.2. The van der Waals surface area contributed by atoms with Crippen LogP contribution in [0.2, 0.25) is 0 Å². The highest BCUT2D eigenvalue weighted by Crippen LogP contribution is 2.24. The lowest BCUT2D eigenvalue weighted by atomic mass is 10.1. The number of rotatable bonds is 8. The molecule has 0 aliphatic rings. The van der Waals surface area contributed by atoms with E-state index in [1.807, 2.05) is 57.5 Å². The first-order valence-corrected chi connectivity index (χ1v) is 14.6. The summed E-state index contributed by atoms with van der Waals surface area (Å²) in [7, 11) is 0. The minimum absolute atomic E-state index is 0.773. The van der Waals surface area contributed by atoms with E-state index in [1.165, 1.54) is 29.4 Å². The summed E-state index contributed by atoms with van der Waals surface area (Å²) in [4.78, 5) is 3.24. The summed E-state index contributed by atoms with van der Waals surface area (Å²) in [5.41, 5.74) is 7.57. The Morgan fingerprint density at radius 2 is 1.60 bits per heavy atom. The number of aromatic amines is 1. The topological polar surface area (TPSA) is 51.6 Å². The molecule has 40 heavy (non-hydrogen) atoms. The molecule has 1 heterocycles. The van der Waals surface area contributed by atoms with Crippen LogP contribution in [0.15, 0.2) is 109 Å². The third-order valence-electron chi connectivity index (χ3n) is 4.93. The molecule has 2 N–H and O–H groups in total.